The highest BCUT2D eigenvalue weighted by molar-refractivity contribution is 6.07. The van der Waals surface area contributed by atoms with Gasteiger partial charge < -0.3 is 10.4 Å². The SMILES string of the molecule is Cc1cccc(C)c1C(=O)Nc1cc([N+](=O)[O-])ccc1O. The Bertz CT molecular complexity index is 705. The minimum Gasteiger partial charge on any atom is -0.506 e. The molecule has 0 saturated heterocycles. The number of rotatable bonds is 3. The molecular formula is C15H14N2O4. The van der Waals surface area contributed by atoms with Gasteiger partial charge in [-0.25, -0.2) is 0 Å². The lowest BCUT2D eigenvalue weighted by Crippen LogP contribution is -2.15. The van der Waals surface area contributed by atoms with Crippen LogP contribution in [-0.4, -0.2) is 15.9 Å². The van der Waals surface area contributed by atoms with E-state index in [0.29, 0.717) is 5.56 Å². The first-order valence-electron chi connectivity index (χ1n) is 6.25. The number of hydrogen-bond acceptors (Lipinski definition) is 4. The van der Waals surface area contributed by atoms with Crippen molar-refractivity contribution in [3.8, 4) is 5.75 Å². The molecule has 0 bridgehead atoms. The molecule has 0 aromatic heterocycles. The molecule has 0 radical (unpaired) electrons. The van der Waals surface area contributed by atoms with Crippen LogP contribution in [0.3, 0.4) is 0 Å². The number of benzene rings is 2. The van der Waals surface area contributed by atoms with E-state index in [1.165, 1.54) is 12.1 Å². The van der Waals surface area contributed by atoms with Crippen LogP contribution in [0.15, 0.2) is 36.4 Å². The smallest absolute Gasteiger partial charge is 0.271 e. The van der Waals surface area contributed by atoms with Crippen LogP contribution >= 0.6 is 0 Å². The number of nitrogens with one attached hydrogen (secondary N) is 1. The molecule has 0 aliphatic carbocycles. The van der Waals surface area contributed by atoms with Crippen molar-refractivity contribution >= 4 is 17.3 Å². The number of nitro benzene ring substituents is 1. The summed E-state index contributed by atoms with van der Waals surface area (Å²) >= 11 is 0. The summed E-state index contributed by atoms with van der Waals surface area (Å²) in [7, 11) is 0. The number of hydrogen-bond donors (Lipinski definition) is 2. The Morgan fingerprint density at radius 2 is 1.81 bits per heavy atom. The predicted molar refractivity (Wildman–Crippen MR) is 78.6 cm³/mol. The monoisotopic (exact) mass is 286 g/mol. The normalized spacial score (nSPS) is 10.2. The molecule has 2 aromatic rings. The largest absolute Gasteiger partial charge is 0.506 e. The van der Waals surface area contributed by atoms with Gasteiger partial charge in [-0.2, -0.15) is 0 Å². The van der Waals surface area contributed by atoms with E-state index < -0.39 is 10.8 Å². The molecule has 0 spiro atoms. The molecule has 0 aliphatic heterocycles. The Hall–Kier alpha value is -2.89. The lowest BCUT2D eigenvalue weighted by atomic mass is 10.0. The summed E-state index contributed by atoms with van der Waals surface area (Å²) < 4.78 is 0. The molecule has 2 N–H and O–H groups in total. The third kappa shape index (κ3) is 3.00. The Labute approximate surface area is 121 Å². The van der Waals surface area contributed by atoms with Crippen LogP contribution in [0, 0.1) is 24.0 Å². The maximum Gasteiger partial charge on any atom is 0.271 e. The second-order valence-electron chi connectivity index (χ2n) is 4.68. The van der Waals surface area contributed by atoms with Gasteiger partial charge in [0.05, 0.1) is 10.6 Å². The predicted octanol–water partition coefficient (Wildman–Crippen LogP) is 3.17. The quantitative estimate of drug-likeness (QED) is 0.515. The number of carbonyl (C=O) groups excluding carboxylic acids is 1. The topological polar surface area (TPSA) is 92.5 Å². The third-order valence-corrected chi connectivity index (χ3v) is 3.15. The summed E-state index contributed by atoms with van der Waals surface area (Å²) in [4.78, 5) is 22.4. The van der Waals surface area contributed by atoms with Gasteiger partial charge in [-0.1, -0.05) is 18.2 Å². The highest BCUT2D eigenvalue weighted by atomic mass is 16.6. The zero-order chi connectivity index (χ0) is 15.6. The van der Waals surface area contributed by atoms with Gasteiger partial charge in [-0.05, 0) is 31.0 Å². The van der Waals surface area contributed by atoms with Crippen LogP contribution in [0.1, 0.15) is 21.5 Å². The number of aryl methyl sites for hydroxylation is 2. The van der Waals surface area contributed by atoms with Crippen molar-refractivity contribution in [2.75, 3.05) is 5.32 Å². The van der Waals surface area contributed by atoms with Crippen LogP contribution in [-0.2, 0) is 0 Å². The lowest BCUT2D eigenvalue weighted by molar-refractivity contribution is -0.384. The van der Waals surface area contributed by atoms with Crippen LogP contribution < -0.4 is 5.32 Å². The molecule has 0 saturated carbocycles. The summed E-state index contributed by atoms with van der Waals surface area (Å²) in [6.07, 6.45) is 0. The van der Waals surface area contributed by atoms with Crippen molar-refractivity contribution in [1.82, 2.24) is 0 Å². The lowest BCUT2D eigenvalue weighted by Gasteiger charge is -2.11. The van der Waals surface area contributed by atoms with Crippen molar-refractivity contribution in [1.29, 1.82) is 0 Å². The molecule has 108 valence electrons. The molecule has 0 unspecified atom stereocenters. The minimum atomic E-state index is -0.589. The van der Waals surface area contributed by atoms with E-state index in [2.05, 4.69) is 5.32 Å². The fourth-order valence-electron chi connectivity index (χ4n) is 2.10. The second-order valence-corrected chi connectivity index (χ2v) is 4.68. The molecule has 2 aromatic carbocycles. The minimum absolute atomic E-state index is 0.0110. The zero-order valence-electron chi connectivity index (χ0n) is 11.6. The van der Waals surface area contributed by atoms with Crippen molar-refractivity contribution in [3.63, 3.8) is 0 Å². The van der Waals surface area contributed by atoms with Gasteiger partial charge in [0.2, 0.25) is 0 Å². The molecule has 0 fully saturated rings. The van der Waals surface area contributed by atoms with Gasteiger partial charge in [0, 0.05) is 17.7 Å². The summed E-state index contributed by atoms with van der Waals surface area (Å²) in [5.74, 6) is -0.637. The van der Waals surface area contributed by atoms with Crippen molar-refractivity contribution in [2.45, 2.75) is 13.8 Å². The Balaban J connectivity index is 2.36. The van der Waals surface area contributed by atoms with E-state index in [0.717, 1.165) is 17.2 Å². The Morgan fingerprint density at radius 3 is 2.38 bits per heavy atom. The molecular weight excluding hydrogens is 272 g/mol. The highest BCUT2D eigenvalue weighted by Gasteiger charge is 2.16. The van der Waals surface area contributed by atoms with Crippen molar-refractivity contribution < 1.29 is 14.8 Å². The molecule has 1 amide bonds. The van der Waals surface area contributed by atoms with Crippen molar-refractivity contribution in [2.24, 2.45) is 0 Å². The number of phenols is 1. The van der Waals surface area contributed by atoms with Gasteiger partial charge in [-0.15, -0.1) is 0 Å². The fraction of sp³-hybridized carbons (Fsp3) is 0.133. The van der Waals surface area contributed by atoms with Crippen LogP contribution in [0.5, 0.6) is 5.75 Å². The Kier molecular flexibility index (Phi) is 3.89. The summed E-state index contributed by atoms with van der Waals surface area (Å²) in [6, 6.07) is 8.92. The van der Waals surface area contributed by atoms with E-state index in [9.17, 15) is 20.0 Å². The summed E-state index contributed by atoms with van der Waals surface area (Å²) in [6.45, 7) is 3.60. The molecule has 0 heterocycles. The number of anilines is 1. The molecule has 21 heavy (non-hydrogen) atoms. The van der Waals surface area contributed by atoms with E-state index in [1.807, 2.05) is 6.07 Å². The van der Waals surface area contributed by atoms with E-state index in [-0.39, 0.29) is 17.1 Å². The van der Waals surface area contributed by atoms with Crippen LogP contribution in [0.4, 0.5) is 11.4 Å². The van der Waals surface area contributed by atoms with Crippen LogP contribution in [0.25, 0.3) is 0 Å². The standard InChI is InChI=1S/C15H14N2O4/c1-9-4-3-5-10(2)14(9)15(19)16-12-8-11(17(20)21)6-7-13(12)18/h3-8,18H,1-2H3,(H,16,19). The fourth-order valence-corrected chi connectivity index (χ4v) is 2.10. The summed E-state index contributed by atoms with van der Waals surface area (Å²) in [5.41, 5.74) is 1.87. The van der Waals surface area contributed by atoms with E-state index >= 15 is 0 Å². The first kappa shape index (κ1) is 14.5. The van der Waals surface area contributed by atoms with Gasteiger partial charge in [0.15, 0.2) is 0 Å². The van der Waals surface area contributed by atoms with Gasteiger partial charge >= 0.3 is 0 Å². The number of phenolic OH excluding ortho intramolecular Hbond substituents is 1. The molecule has 2 rings (SSSR count). The number of nitrogens with zero attached hydrogens (tertiary/aromatic N) is 1. The number of amides is 1. The maximum absolute atomic E-state index is 12.3. The molecule has 6 heteroatoms. The second kappa shape index (κ2) is 5.62. The number of carbonyl (C=O) groups is 1. The van der Waals surface area contributed by atoms with Crippen molar-refractivity contribution in [3.05, 3.63) is 63.2 Å². The maximum atomic E-state index is 12.3. The van der Waals surface area contributed by atoms with E-state index in [4.69, 9.17) is 0 Å². The average molecular weight is 286 g/mol. The van der Waals surface area contributed by atoms with Gasteiger partial charge in [0.25, 0.3) is 11.6 Å². The molecule has 6 nitrogen and oxygen atoms in total. The average Bonchev–Trinajstić information content (AvgIpc) is 2.40. The number of aromatic hydroxyl groups is 1. The molecule has 0 atom stereocenters. The highest BCUT2D eigenvalue weighted by Crippen LogP contribution is 2.28. The van der Waals surface area contributed by atoms with Crippen LogP contribution in [0.2, 0.25) is 0 Å². The number of nitro groups is 1. The Morgan fingerprint density at radius 1 is 1.19 bits per heavy atom. The first-order valence-corrected chi connectivity index (χ1v) is 6.25. The first-order chi connectivity index (χ1) is 9.90. The van der Waals surface area contributed by atoms with Gasteiger partial charge in [-0.3, -0.25) is 14.9 Å². The summed E-state index contributed by atoms with van der Waals surface area (Å²) in [5, 5.41) is 23.0. The zero-order valence-corrected chi connectivity index (χ0v) is 11.6. The molecule has 0 aliphatic rings. The van der Waals surface area contributed by atoms with E-state index in [1.54, 1.807) is 26.0 Å². The van der Waals surface area contributed by atoms with Gasteiger partial charge in [0.1, 0.15) is 5.75 Å². The number of non-ortho nitro benzene ring substituents is 1. The third-order valence-electron chi connectivity index (χ3n) is 3.15.